The molecule has 3 N–H and O–H groups in total. The lowest BCUT2D eigenvalue weighted by molar-refractivity contribution is -0.146. The Hall–Kier alpha value is -4.04. The number of ether oxygens (including phenoxy) is 2. The number of carboxylic acids is 1. The van der Waals surface area contributed by atoms with Crippen LogP contribution in [0.15, 0.2) is 40.9 Å². The van der Waals surface area contributed by atoms with Gasteiger partial charge < -0.3 is 30.1 Å². The van der Waals surface area contributed by atoms with Crippen LogP contribution in [0.25, 0.3) is 21.6 Å². The van der Waals surface area contributed by atoms with Gasteiger partial charge in [0.2, 0.25) is 17.7 Å². The molecule has 4 heterocycles. The van der Waals surface area contributed by atoms with Gasteiger partial charge in [-0.25, -0.2) is 19.6 Å². The molecule has 1 unspecified atom stereocenters. The Morgan fingerprint density at radius 3 is 2.41 bits per heavy atom. The number of nitrogens with one attached hydrogen (secondary N) is 2. The molecule has 0 bridgehead atoms. The highest BCUT2D eigenvalue weighted by atomic mass is 32.1. The predicted molar refractivity (Wildman–Crippen MR) is 175 cm³/mol. The van der Waals surface area contributed by atoms with E-state index in [1.54, 1.807) is 41.5 Å². The molecule has 3 aromatic rings. The van der Waals surface area contributed by atoms with Gasteiger partial charge in [-0.15, -0.1) is 29.3 Å². The number of aliphatic carboxylic acids is 1. The van der Waals surface area contributed by atoms with E-state index in [-0.39, 0.29) is 25.3 Å². The van der Waals surface area contributed by atoms with Crippen LogP contribution in [0.5, 0.6) is 5.88 Å². The fourth-order valence-corrected chi connectivity index (χ4v) is 6.91. The van der Waals surface area contributed by atoms with E-state index in [1.165, 1.54) is 33.6 Å². The second-order valence-electron chi connectivity index (χ2n) is 13.7. The third kappa shape index (κ3) is 6.87. The van der Waals surface area contributed by atoms with Crippen molar-refractivity contribution in [3.05, 3.63) is 40.9 Å². The molecule has 3 amide bonds. The Morgan fingerprint density at radius 2 is 1.85 bits per heavy atom. The largest absolute Gasteiger partial charge is 0.479 e. The van der Waals surface area contributed by atoms with Gasteiger partial charge in [-0.05, 0) is 44.1 Å². The van der Waals surface area contributed by atoms with Crippen molar-refractivity contribution in [2.75, 3.05) is 6.54 Å². The van der Waals surface area contributed by atoms with Gasteiger partial charge in [-0.1, -0.05) is 32.9 Å². The molecule has 2 aliphatic rings. The Kier molecular flexibility index (Phi) is 8.90. The summed E-state index contributed by atoms with van der Waals surface area (Å²) in [7, 11) is 0. The molecule has 1 aliphatic carbocycles. The van der Waals surface area contributed by atoms with E-state index in [2.05, 4.69) is 17.2 Å². The number of thiophene rings is 2. The van der Waals surface area contributed by atoms with Crippen molar-refractivity contribution in [2.24, 2.45) is 11.3 Å². The first-order valence-electron chi connectivity index (χ1n) is 14.9. The van der Waals surface area contributed by atoms with Crippen LogP contribution in [-0.4, -0.2) is 79.7 Å². The predicted octanol–water partition coefficient (Wildman–Crippen LogP) is 4.85. The molecule has 0 aromatic carbocycles. The second kappa shape index (κ2) is 12.3. The monoisotopic (exact) mass is 669 g/mol. The number of carboxylic acid groups (broad SMARTS) is 1. The maximum absolute atomic E-state index is 14.3. The van der Waals surface area contributed by atoms with Crippen molar-refractivity contribution in [3.8, 4) is 16.5 Å². The topological polar surface area (TPSA) is 160 Å². The molecule has 12 nitrogen and oxygen atoms in total. The van der Waals surface area contributed by atoms with Crippen LogP contribution in [0.4, 0.5) is 4.79 Å². The number of carbonyl (C=O) groups excluding carboxylic acids is 3. The van der Waals surface area contributed by atoms with Crippen LogP contribution in [0.1, 0.15) is 54.4 Å². The van der Waals surface area contributed by atoms with E-state index >= 15 is 0 Å². The van der Waals surface area contributed by atoms with Gasteiger partial charge in [0.05, 0.1) is 11.4 Å². The average Bonchev–Trinajstić information content (AvgIpc) is 3.40. The zero-order valence-corrected chi connectivity index (χ0v) is 28.3. The van der Waals surface area contributed by atoms with Gasteiger partial charge in [0.25, 0.3) is 0 Å². The average molecular weight is 670 g/mol. The lowest BCUT2D eigenvalue weighted by Crippen LogP contribution is -2.59. The fourth-order valence-electron chi connectivity index (χ4n) is 5.53. The van der Waals surface area contributed by atoms with Crippen LogP contribution >= 0.6 is 22.7 Å². The molecular formula is C32H39N5O7S2. The molecule has 1 saturated carbocycles. The number of nitrogens with zero attached hydrogens (tertiary/aromatic N) is 3. The van der Waals surface area contributed by atoms with E-state index in [9.17, 15) is 24.3 Å². The minimum Gasteiger partial charge on any atom is -0.479 e. The Bertz CT molecular complexity index is 1660. The van der Waals surface area contributed by atoms with Crippen molar-refractivity contribution in [1.82, 2.24) is 25.5 Å². The van der Waals surface area contributed by atoms with E-state index < -0.39 is 64.5 Å². The third-order valence-corrected chi connectivity index (χ3v) is 9.56. The van der Waals surface area contributed by atoms with Gasteiger partial charge in [0.1, 0.15) is 46.1 Å². The minimum absolute atomic E-state index is 0.0162. The number of aromatic nitrogens is 2. The quantitative estimate of drug-likeness (QED) is 0.271. The van der Waals surface area contributed by atoms with Crippen molar-refractivity contribution in [2.45, 2.75) is 83.7 Å². The highest BCUT2D eigenvalue weighted by Gasteiger charge is 2.61. The normalized spacial score (nSPS) is 23.4. The van der Waals surface area contributed by atoms with Gasteiger partial charge in [-0.3, -0.25) is 9.59 Å². The number of alkyl carbamates (subject to hydrolysis) is 1. The maximum Gasteiger partial charge on any atom is 0.408 e. The summed E-state index contributed by atoms with van der Waals surface area (Å²) >= 11 is 2.95. The van der Waals surface area contributed by atoms with Crippen LogP contribution in [0, 0.1) is 11.3 Å². The van der Waals surface area contributed by atoms with E-state index in [4.69, 9.17) is 19.4 Å². The number of rotatable bonds is 9. The lowest BCUT2D eigenvalue weighted by Gasteiger charge is -2.35. The molecule has 246 valence electrons. The van der Waals surface area contributed by atoms with E-state index in [1.807, 2.05) is 28.3 Å². The summed E-state index contributed by atoms with van der Waals surface area (Å²) in [5.41, 5.74) is -1.14. The molecule has 5 rings (SSSR count). The summed E-state index contributed by atoms with van der Waals surface area (Å²) in [6, 6.07) is 1.65. The number of amides is 3. The minimum atomic E-state index is -1.49. The van der Waals surface area contributed by atoms with Gasteiger partial charge in [-0.2, -0.15) is 0 Å². The number of likely N-dealkylation sites (tertiary alicyclic amines) is 1. The molecule has 2 fully saturated rings. The van der Waals surface area contributed by atoms with Crippen molar-refractivity contribution < 1.29 is 33.8 Å². The van der Waals surface area contributed by atoms with Crippen molar-refractivity contribution >= 4 is 57.6 Å². The summed E-state index contributed by atoms with van der Waals surface area (Å²) in [5.74, 6) is -2.50. The molecule has 14 heteroatoms. The first kappa shape index (κ1) is 33.3. The molecule has 1 aliphatic heterocycles. The Balaban J connectivity index is 1.47. The number of fused-ring (bicyclic) bond motifs is 1. The standard InChI is InChI=1S/C32H39N5O7S2/c1-8-17-13-32(17,28(40)41)36-25(38)21-12-18(14-37(21)27(39)24(30(2,3)4)35-29(42)44-31(5,6)7)43-26-23(22-10-9-11-46-22)33-19-15-45-16-20(19)34-26/h8-11,15-18,21,24H,1,12-14H2,2-7H3,(H,35,42)(H,36,38)(H,40,41)/t17-,18-,21+,24-,32?/m1/s1. The third-order valence-electron chi connectivity index (χ3n) is 7.96. The fraction of sp³-hybridized carbons (Fsp3) is 0.500. The smallest absolute Gasteiger partial charge is 0.408 e. The van der Waals surface area contributed by atoms with E-state index in [0.717, 1.165) is 10.4 Å². The van der Waals surface area contributed by atoms with Gasteiger partial charge in [0, 0.05) is 23.1 Å². The molecular weight excluding hydrogens is 631 g/mol. The summed E-state index contributed by atoms with van der Waals surface area (Å²) < 4.78 is 11.9. The highest BCUT2D eigenvalue weighted by molar-refractivity contribution is 7.13. The van der Waals surface area contributed by atoms with Crippen molar-refractivity contribution in [1.29, 1.82) is 0 Å². The summed E-state index contributed by atoms with van der Waals surface area (Å²) in [6.45, 7) is 14.2. The summed E-state index contributed by atoms with van der Waals surface area (Å²) in [6.07, 6.45) is 0.293. The van der Waals surface area contributed by atoms with Gasteiger partial charge >= 0.3 is 12.1 Å². The van der Waals surface area contributed by atoms with Crippen LogP contribution in [0.2, 0.25) is 0 Å². The molecule has 3 aromatic heterocycles. The van der Waals surface area contributed by atoms with Gasteiger partial charge in [0.15, 0.2) is 0 Å². The molecule has 46 heavy (non-hydrogen) atoms. The first-order valence-corrected chi connectivity index (χ1v) is 16.8. The van der Waals surface area contributed by atoms with Crippen molar-refractivity contribution in [3.63, 3.8) is 0 Å². The Labute approximate surface area is 275 Å². The molecule has 5 atom stereocenters. The first-order chi connectivity index (χ1) is 21.5. The number of hydrogen-bond donors (Lipinski definition) is 3. The molecule has 0 radical (unpaired) electrons. The molecule has 0 spiro atoms. The van der Waals surface area contributed by atoms with E-state index in [0.29, 0.717) is 11.2 Å². The maximum atomic E-state index is 14.3. The van der Waals surface area contributed by atoms with Crippen LogP contribution < -0.4 is 15.4 Å². The SMILES string of the molecule is C=C[C@@H]1CC1(NC(=O)[C@@H]1C[C@@H](Oc2nc3cscc3nc2-c2cccs2)CN1C(=O)[C@@H](NC(=O)OC(C)(C)C)C(C)(C)C)C(=O)O. The zero-order chi connectivity index (χ0) is 33.6. The second-order valence-corrected chi connectivity index (χ2v) is 15.4. The summed E-state index contributed by atoms with van der Waals surface area (Å²) in [5, 5.41) is 21.0. The molecule has 1 saturated heterocycles. The number of carbonyl (C=O) groups is 4. The lowest BCUT2D eigenvalue weighted by atomic mass is 9.85. The van der Waals surface area contributed by atoms with Crippen LogP contribution in [0.3, 0.4) is 0 Å². The number of hydrogen-bond acceptors (Lipinski definition) is 10. The summed E-state index contributed by atoms with van der Waals surface area (Å²) in [4.78, 5) is 64.9. The Morgan fingerprint density at radius 1 is 1.15 bits per heavy atom. The van der Waals surface area contributed by atoms with Crippen LogP contribution in [-0.2, 0) is 19.1 Å². The highest BCUT2D eigenvalue weighted by Crippen LogP contribution is 2.45. The zero-order valence-electron chi connectivity index (χ0n) is 26.7.